The fraction of sp³-hybridized carbons (Fsp3) is 0.405. The van der Waals surface area contributed by atoms with Crippen molar-refractivity contribution in [2.75, 3.05) is 46.1 Å². The topological polar surface area (TPSA) is 91.0 Å². The Balaban J connectivity index is 1.22. The normalized spacial score (nSPS) is 15.9. The molecule has 4 heterocycles. The first-order valence-electron chi connectivity index (χ1n) is 16.6. The van der Waals surface area contributed by atoms with Gasteiger partial charge >= 0.3 is 5.97 Å². The highest BCUT2D eigenvalue weighted by molar-refractivity contribution is 6.04. The summed E-state index contributed by atoms with van der Waals surface area (Å²) < 4.78 is 35.7. The lowest BCUT2D eigenvalue weighted by atomic mass is 9.98. The molecule has 1 saturated heterocycles. The lowest BCUT2D eigenvalue weighted by molar-refractivity contribution is 0.0358. The van der Waals surface area contributed by atoms with Crippen LogP contribution in [0.4, 0.5) is 4.39 Å². The van der Waals surface area contributed by atoms with Crippen LogP contribution in [0.15, 0.2) is 54.6 Å². The van der Waals surface area contributed by atoms with E-state index in [1.165, 1.54) is 12.1 Å². The zero-order valence-corrected chi connectivity index (χ0v) is 26.8. The predicted molar refractivity (Wildman–Crippen MR) is 179 cm³/mol. The van der Waals surface area contributed by atoms with E-state index < -0.39 is 5.97 Å². The molecule has 0 aliphatic carbocycles. The SMILES string of the molecule is Cc1c2c(nn1CCN1CCOCC1)COCCCCn1c(C(=O)O)c(CCCOc3cccc4cc(F)ccc34)c3cccc-2c31. The van der Waals surface area contributed by atoms with E-state index >= 15 is 0 Å². The van der Waals surface area contributed by atoms with Gasteiger partial charge < -0.3 is 23.9 Å². The van der Waals surface area contributed by atoms with Crippen molar-refractivity contribution in [1.82, 2.24) is 19.2 Å². The van der Waals surface area contributed by atoms with Crippen molar-refractivity contribution in [3.63, 3.8) is 0 Å². The first kappa shape index (κ1) is 31.4. The van der Waals surface area contributed by atoms with Gasteiger partial charge in [0.25, 0.3) is 0 Å². The smallest absolute Gasteiger partial charge is 0.352 e. The van der Waals surface area contributed by atoms with Crippen LogP contribution in [0.3, 0.4) is 0 Å². The van der Waals surface area contributed by atoms with Gasteiger partial charge in [-0.15, -0.1) is 0 Å². The molecule has 0 radical (unpaired) electrons. The van der Waals surface area contributed by atoms with Crippen LogP contribution >= 0.6 is 0 Å². The van der Waals surface area contributed by atoms with Crippen LogP contribution in [-0.2, 0) is 35.6 Å². The number of rotatable bonds is 9. The molecule has 0 amide bonds. The number of fused-ring (bicyclic) bond motifs is 3. The molecule has 0 bridgehead atoms. The molecule has 2 aliphatic heterocycles. The molecular formula is C37H41FN4O5. The first-order chi connectivity index (χ1) is 23.0. The summed E-state index contributed by atoms with van der Waals surface area (Å²) in [5, 5.41) is 18.3. The number of halogens is 1. The average molecular weight is 641 g/mol. The molecule has 5 aromatic rings. The van der Waals surface area contributed by atoms with E-state index in [9.17, 15) is 14.3 Å². The number of hydrogen-bond donors (Lipinski definition) is 1. The van der Waals surface area contributed by atoms with Crippen molar-refractivity contribution in [3.8, 4) is 16.9 Å². The van der Waals surface area contributed by atoms with Gasteiger partial charge in [0, 0.05) is 60.4 Å². The molecule has 0 saturated carbocycles. The van der Waals surface area contributed by atoms with E-state index in [0.717, 1.165) is 102 Å². The fourth-order valence-electron chi connectivity index (χ4n) is 7.17. The van der Waals surface area contributed by atoms with Gasteiger partial charge in [0.1, 0.15) is 17.3 Å². The molecule has 9 nitrogen and oxygen atoms in total. The average Bonchev–Trinajstić information content (AvgIpc) is 3.56. The van der Waals surface area contributed by atoms with Gasteiger partial charge in [-0.3, -0.25) is 9.58 Å². The minimum atomic E-state index is -0.927. The van der Waals surface area contributed by atoms with Gasteiger partial charge in [-0.25, -0.2) is 9.18 Å². The monoisotopic (exact) mass is 640 g/mol. The third-order valence-electron chi connectivity index (χ3n) is 9.46. The number of carboxylic acid groups (broad SMARTS) is 1. The Kier molecular flexibility index (Phi) is 9.24. The highest BCUT2D eigenvalue weighted by Crippen LogP contribution is 2.39. The van der Waals surface area contributed by atoms with Crippen LogP contribution in [0.5, 0.6) is 5.75 Å². The third-order valence-corrected chi connectivity index (χ3v) is 9.46. The van der Waals surface area contributed by atoms with Gasteiger partial charge in [-0.05, 0) is 67.8 Å². The molecular weight excluding hydrogens is 599 g/mol. The zero-order valence-electron chi connectivity index (χ0n) is 26.8. The summed E-state index contributed by atoms with van der Waals surface area (Å²) in [6, 6.07) is 16.4. The summed E-state index contributed by atoms with van der Waals surface area (Å²) in [7, 11) is 0. The van der Waals surface area contributed by atoms with Gasteiger partial charge in [0.15, 0.2) is 0 Å². The molecule has 2 aliphatic rings. The number of carbonyl (C=O) groups is 1. The maximum absolute atomic E-state index is 13.8. The van der Waals surface area contributed by atoms with Crippen LogP contribution in [0.25, 0.3) is 32.8 Å². The highest BCUT2D eigenvalue weighted by atomic mass is 19.1. The number of ether oxygens (including phenoxy) is 3. The second-order valence-corrected chi connectivity index (χ2v) is 12.4. The number of hydrogen-bond acceptors (Lipinski definition) is 6. The van der Waals surface area contributed by atoms with Gasteiger partial charge in [-0.2, -0.15) is 5.10 Å². The molecule has 2 aromatic heterocycles. The van der Waals surface area contributed by atoms with Crippen LogP contribution in [0, 0.1) is 12.7 Å². The highest BCUT2D eigenvalue weighted by Gasteiger charge is 2.27. The van der Waals surface area contributed by atoms with Crippen molar-refractivity contribution in [1.29, 1.82) is 0 Å². The number of carboxylic acids is 1. The number of para-hydroxylation sites is 1. The Bertz CT molecular complexity index is 1910. The van der Waals surface area contributed by atoms with E-state index in [1.54, 1.807) is 6.07 Å². The van der Waals surface area contributed by atoms with Gasteiger partial charge in [-0.1, -0.05) is 30.3 Å². The molecule has 0 atom stereocenters. The number of aryl methyl sites for hydroxylation is 2. The second-order valence-electron chi connectivity index (χ2n) is 12.4. The molecule has 10 heteroatoms. The van der Waals surface area contributed by atoms with E-state index in [0.29, 0.717) is 50.7 Å². The quantitative estimate of drug-likeness (QED) is 0.185. The molecule has 0 spiro atoms. The molecule has 1 fully saturated rings. The number of aromatic nitrogens is 3. The van der Waals surface area contributed by atoms with Crippen molar-refractivity contribution in [3.05, 3.63) is 83.1 Å². The number of morpholine rings is 1. The van der Waals surface area contributed by atoms with Crippen LogP contribution < -0.4 is 4.74 Å². The minimum absolute atomic E-state index is 0.284. The van der Waals surface area contributed by atoms with Crippen LogP contribution in [-0.4, -0.2) is 76.4 Å². The van der Waals surface area contributed by atoms with E-state index in [4.69, 9.17) is 19.3 Å². The third kappa shape index (κ3) is 6.37. The van der Waals surface area contributed by atoms with E-state index in [1.807, 2.05) is 34.9 Å². The summed E-state index contributed by atoms with van der Waals surface area (Å²) in [4.78, 5) is 15.4. The zero-order chi connectivity index (χ0) is 32.3. The van der Waals surface area contributed by atoms with Crippen LogP contribution in [0.1, 0.15) is 46.7 Å². The maximum Gasteiger partial charge on any atom is 0.352 e. The summed E-state index contributed by atoms with van der Waals surface area (Å²) in [5.41, 5.74) is 6.06. The number of benzene rings is 3. The van der Waals surface area contributed by atoms with Crippen LogP contribution in [0.2, 0.25) is 0 Å². The van der Waals surface area contributed by atoms with Gasteiger partial charge in [0.2, 0.25) is 0 Å². The predicted octanol–water partition coefficient (Wildman–Crippen LogP) is 6.46. The lowest BCUT2D eigenvalue weighted by Gasteiger charge is -2.26. The summed E-state index contributed by atoms with van der Waals surface area (Å²) in [6.07, 6.45) is 2.80. The Hall–Kier alpha value is -4.25. The Morgan fingerprint density at radius 3 is 2.68 bits per heavy atom. The lowest BCUT2D eigenvalue weighted by Crippen LogP contribution is -2.38. The van der Waals surface area contributed by atoms with E-state index in [2.05, 4.69) is 22.6 Å². The standard InChI is InChI=1S/C37H41FN4O5/c1-25-34-31-9-5-8-29-30(10-6-20-47-33-11-4-7-26-23-27(38)12-13-28(26)33)36(37(43)44)41(35(29)31)14-2-3-19-46-24-32(34)39-42(25)16-15-40-17-21-45-22-18-40/h4-5,7-9,11-13,23H,2-3,6,10,14-22,24H2,1H3,(H,43,44). The largest absolute Gasteiger partial charge is 0.493 e. The van der Waals surface area contributed by atoms with Crippen molar-refractivity contribution >= 4 is 27.6 Å². The maximum atomic E-state index is 13.8. The minimum Gasteiger partial charge on any atom is -0.493 e. The Morgan fingerprint density at radius 2 is 1.83 bits per heavy atom. The fourth-order valence-corrected chi connectivity index (χ4v) is 7.17. The Labute approximate surface area is 273 Å². The van der Waals surface area contributed by atoms with Crippen molar-refractivity contribution < 1.29 is 28.5 Å². The molecule has 0 unspecified atom stereocenters. The molecule has 1 N–H and O–H groups in total. The Morgan fingerprint density at radius 1 is 0.979 bits per heavy atom. The first-order valence-corrected chi connectivity index (χ1v) is 16.6. The molecule has 7 rings (SSSR count). The molecule has 246 valence electrons. The van der Waals surface area contributed by atoms with E-state index in [-0.39, 0.29) is 5.82 Å². The summed E-state index contributed by atoms with van der Waals surface area (Å²) >= 11 is 0. The number of nitrogens with zero attached hydrogens (tertiary/aromatic N) is 4. The van der Waals surface area contributed by atoms with Gasteiger partial charge in [0.05, 0.1) is 44.2 Å². The summed E-state index contributed by atoms with van der Waals surface area (Å²) in [5.74, 6) is -0.521. The number of aromatic carboxylic acids is 1. The van der Waals surface area contributed by atoms with Crippen molar-refractivity contribution in [2.24, 2.45) is 0 Å². The summed E-state index contributed by atoms with van der Waals surface area (Å²) in [6.45, 7) is 9.09. The second kappa shape index (κ2) is 13.9. The molecule has 3 aromatic carbocycles. The van der Waals surface area contributed by atoms with Crippen molar-refractivity contribution in [2.45, 2.75) is 52.3 Å². The molecule has 47 heavy (non-hydrogen) atoms.